The monoisotopic (exact) mass is 335 g/mol. The van der Waals surface area contributed by atoms with Crippen molar-refractivity contribution in [2.45, 2.75) is 37.4 Å². The summed E-state index contributed by atoms with van der Waals surface area (Å²) in [5.74, 6) is 0.460. The van der Waals surface area contributed by atoms with Crippen LogP contribution in [-0.2, 0) is 4.74 Å². The van der Waals surface area contributed by atoms with Crippen LogP contribution in [0.25, 0.3) is 0 Å². The minimum absolute atomic E-state index is 0.165. The number of halogens is 1. The van der Waals surface area contributed by atoms with E-state index in [4.69, 9.17) is 4.74 Å². The van der Waals surface area contributed by atoms with Crippen LogP contribution in [0, 0.1) is 11.7 Å². The molecule has 1 aromatic carbocycles. The van der Waals surface area contributed by atoms with Gasteiger partial charge in [-0.3, -0.25) is 0 Å². The number of likely N-dealkylation sites (N-methyl/N-ethyl adjacent to an activating group) is 1. The SMILES string of the molecule is CN(C)C(CNC1CCCC1C1COCCN1)c1cccc(F)c1. The van der Waals surface area contributed by atoms with E-state index in [-0.39, 0.29) is 11.9 Å². The van der Waals surface area contributed by atoms with Gasteiger partial charge in [0.05, 0.1) is 13.2 Å². The Hall–Kier alpha value is -1.01. The van der Waals surface area contributed by atoms with Gasteiger partial charge >= 0.3 is 0 Å². The van der Waals surface area contributed by atoms with Gasteiger partial charge in [-0.2, -0.15) is 0 Å². The lowest BCUT2D eigenvalue weighted by Gasteiger charge is -2.34. The molecule has 2 N–H and O–H groups in total. The molecule has 4 unspecified atom stereocenters. The molecule has 24 heavy (non-hydrogen) atoms. The number of hydrogen-bond donors (Lipinski definition) is 2. The van der Waals surface area contributed by atoms with Crippen LogP contribution in [0.1, 0.15) is 30.9 Å². The molecule has 4 atom stereocenters. The number of morpholine rings is 1. The molecule has 1 aliphatic carbocycles. The van der Waals surface area contributed by atoms with Gasteiger partial charge in [0.2, 0.25) is 0 Å². The fourth-order valence-electron chi connectivity index (χ4n) is 4.16. The van der Waals surface area contributed by atoms with Crippen molar-refractivity contribution in [1.82, 2.24) is 15.5 Å². The maximum Gasteiger partial charge on any atom is 0.123 e. The van der Waals surface area contributed by atoms with Gasteiger partial charge in [-0.15, -0.1) is 0 Å². The van der Waals surface area contributed by atoms with Crippen LogP contribution in [0.3, 0.4) is 0 Å². The lowest BCUT2D eigenvalue weighted by atomic mass is 9.93. The fraction of sp³-hybridized carbons (Fsp3) is 0.684. The Kier molecular flexibility index (Phi) is 6.22. The molecule has 0 spiro atoms. The lowest BCUT2D eigenvalue weighted by Crippen LogP contribution is -2.51. The molecular weight excluding hydrogens is 305 g/mol. The molecule has 1 heterocycles. The van der Waals surface area contributed by atoms with E-state index in [9.17, 15) is 4.39 Å². The molecule has 1 saturated carbocycles. The van der Waals surface area contributed by atoms with Gasteiger partial charge < -0.3 is 20.3 Å². The molecule has 0 amide bonds. The lowest BCUT2D eigenvalue weighted by molar-refractivity contribution is 0.0520. The van der Waals surface area contributed by atoms with Gasteiger partial charge in [0.25, 0.3) is 0 Å². The van der Waals surface area contributed by atoms with Crippen LogP contribution < -0.4 is 10.6 Å². The molecular formula is C19H30FN3O. The van der Waals surface area contributed by atoms with E-state index >= 15 is 0 Å². The summed E-state index contributed by atoms with van der Waals surface area (Å²) in [6.45, 7) is 3.44. The summed E-state index contributed by atoms with van der Waals surface area (Å²) in [5.41, 5.74) is 1.03. The van der Waals surface area contributed by atoms with Crippen molar-refractivity contribution in [3.05, 3.63) is 35.6 Å². The third-order valence-electron chi connectivity index (χ3n) is 5.47. The van der Waals surface area contributed by atoms with Crippen LogP contribution in [0.4, 0.5) is 4.39 Å². The predicted molar refractivity (Wildman–Crippen MR) is 94.6 cm³/mol. The number of hydrogen-bond acceptors (Lipinski definition) is 4. The number of benzene rings is 1. The first-order chi connectivity index (χ1) is 11.6. The van der Waals surface area contributed by atoms with Crippen molar-refractivity contribution in [2.24, 2.45) is 5.92 Å². The molecule has 3 rings (SSSR count). The van der Waals surface area contributed by atoms with E-state index in [1.807, 2.05) is 6.07 Å². The zero-order chi connectivity index (χ0) is 16.9. The predicted octanol–water partition coefficient (Wildman–Crippen LogP) is 2.18. The normalized spacial score (nSPS) is 29.1. The Labute approximate surface area is 144 Å². The van der Waals surface area contributed by atoms with Gasteiger partial charge in [-0.05, 0) is 50.6 Å². The average Bonchev–Trinajstić information content (AvgIpc) is 3.04. The fourth-order valence-corrected chi connectivity index (χ4v) is 4.16. The second-order valence-corrected chi connectivity index (χ2v) is 7.28. The average molecular weight is 335 g/mol. The van der Waals surface area contributed by atoms with Gasteiger partial charge in [0.15, 0.2) is 0 Å². The summed E-state index contributed by atoms with van der Waals surface area (Å²) >= 11 is 0. The summed E-state index contributed by atoms with van der Waals surface area (Å²) in [7, 11) is 4.11. The highest BCUT2D eigenvalue weighted by atomic mass is 19.1. The number of nitrogens with one attached hydrogen (secondary N) is 2. The summed E-state index contributed by atoms with van der Waals surface area (Å²) in [5, 5.41) is 7.38. The molecule has 1 aliphatic heterocycles. The van der Waals surface area contributed by atoms with Crippen molar-refractivity contribution >= 4 is 0 Å². The summed E-state index contributed by atoms with van der Waals surface area (Å²) in [4.78, 5) is 2.16. The van der Waals surface area contributed by atoms with Crippen molar-refractivity contribution < 1.29 is 9.13 Å². The van der Waals surface area contributed by atoms with E-state index in [1.165, 1.54) is 25.3 Å². The first kappa shape index (κ1) is 17.8. The topological polar surface area (TPSA) is 36.5 Å². The van der Waals surface area contributed by atoms with E-state index < -0.39 is 0 Å². The van der Waals surface area contributed by atoms with Crippen LogP contribution in [-0.4, -0.2) is 57.4 Å². The van der Waals surface area contributed by atoms with E-state index in [0.717, 1.165) is 31.9 Å². The Balaban J connectivity index is 1.61. The molecule has 1 aromatic rings. The van der Waals surface area contributed by atoms with Gasteiger partial charge in [-0.25, -0.2) is 4.39 Å². The van der Waals surface area contributed by atoms with Crippen molar-refractivity contribution in [1.29, 1.82) is 0 Å². The van der Waals surface area contributed by atoms with E-state index in [2.05, 4.69) is 29.6 Å². The first-order valence-electron chi connectivity index (χ1n) is 9.11. The van der Waals surface area contributed by atoms with Crippen molar-refractivity contribution in [2.75, 3.05) is 40.4 Å². The maximum absolute atomic E-state index is 13.6. The molecule has 5 heteroatoms. The number of nitrogens with zero attached hydrogens (tertiary/aromatic N) is 1. The highest BCUT2D eigenvalue weighted by Crippen LogP contribution is 2.30. The standard InChI is InChI=1S/C19H30FN3O/c1-23(2)19(14-5-3-6-15(20)11-14)12-22-17-8-4-7-16(17)18-13-24-10-9-21-18/h3,5-6,11,16-19,21-22H,4,7-10,12-13H2,1-2H3. The maximum atomic E-state index is 13.6. The molecule has 0 aromatic heterocycles. The van der Waals surface area contributed by atoms with Crippen LogP contribution in [0.2, 0.25) is 0 Å². The smallest absolute Gasteiger partial charge is 0.123 e. The minimum Gasteiger partial charge on any atom is -0.379 e. The van der Waals surface area contributed by atoms with Gasteiger partial charge in [-0.1, -0.05) is 18.6 Å². The van der Waals surface area contributed by atoms with Gasteiger partial charge in [0, 0.05) is 31.2 Å². The zero-order valence-corrected chi connectivity index (χ0v) is 14.8. The van der Waals surface area contributed by atoms with Crippen molar-refractivity contribution in [3.63, 3.8) is 0 Å². The van der Waals surface area contributed by atoms with Crippen molar-refractivity contribution in [3.8, 4) is 0 Å². The molecule has 1 saturated heterocycles. The molecule has 2 aliphatic rings. The highest BCUT2D eigenvalue weighted by Gasteiger charge is 2.34. The van der Waals surface area contributed by atoms with Gasteiger partial charge in [0.1, 0.15) is 5.82 Å². The summed E-state index contributed by atoms with van der Waals surface area (Å²) in [6.07, 6.45) is 3.74. The molecule has 0 bridgehead atoms. The zero-order valence-electron chi connectivity index (χ0n) is 14.8. The quantitative estimate of drug-likeness (QED) is 0.835. The summed E-state index contributed by atoms with van der Waals surface area (Å²) < 4.78 is 19.2. The van der Waals surface area contributed by atoms with Crippen LogP contribution in [0.15, 0.2) is 24.3 Å². The van der Waals surface area contributed by atoms with Crippen LogP contribution >= 0.6 is 0 Å². The van der Waals surface area contributed by atoms with E-state index in [0.29, 0.717) is 18.0 Å². The first-order valence-corrected chi connectivity index (χ1v) is 9.11. The Morgan fingerprint density at radius 1 is 1.38 bits per heavy atom. The Bertz CT molecular complexity index is 519. The third-order valence-corrected chi connectivity index (χ3v) is 5.47. The van der Waals surface area contributed by atoms with Crippen LogP contribution in [0.5, 0.6) is 0 Å². The molecule has 134 valence electrons. The second-order valence-electron chi connectivity index (χ2n) is 7.28. The minimum atomic E-state index is -0.165. The number of rotatable bonds is 6. The number of ether oxygens (including phenoxy) is 1. The largest absolute Gasteiger partial charge is 0.379 e. The summed E-state index contributed by atoms with van der Waals surface area (Å²) in [6, 6.07) is 8.12. The Morgan fingerprint density at radius 3 is 2.96 bits per heavy atom. The Morgan fingerprint density at radius 2 is 2.25 bits per heavy atom. The molecule has 4 nitrogen and oxygen atoms in total. The second kappa shape index (κ2) is 8.39. The van der Waals surface area contributed by atoms with E-state index in [1.54, 1.807) is 12.1 Å². The third kappa shape index (κ3) is 4.33. The molecule has 0 radical (unpaired) electrons. The highest BCUT2D eigenvalue weighted by molar-refractivity contribution is 5.20. The molecule has 2 fully saturated rings.